The molecule has 0 spiro atoms. The summed E-state index contributed by atoms with van der Waals surface area (Å²) in [6.07, 6.45) is 1.60. The number of piperazine rings is 1. The number of benzene rings is 1. The zero-order chi connectivity index (χ0) is 20.1. The monoisotopic (exact) mass is 416 g/mol. The van der Waals surface area contributed by atoms with Gasteiger partial charge in [-0.25, -0.2) is 18.4 Å². The number of aryl methyl sites for hydroxylation is 4. The van der Waals surface area contributed by atoms with Gasteiger partial charge in [-0.05, 0) is 56.5 Å². The van der Waals surface area contributed by atoms with Crippen LogP contribution >= 0.6 is 11.3 Å². The molecule has 1 aliphatic rings. The van der Waals surface area contributed by atoms with Gasteiger partial charge in [0.15, 0.2) is 0 Å². The second-order valence-electron chi connectivity index (χ2n) is 7.30. The molecule has 0 radical (unpaired) electrons. The molecule has 1 aromatic carbocycles. The molecule has 1 fully saturated rings. The maximum Gasteiger partial charge on any atom is 0.243 e. The Kier molecular flexibility index (Phi) is 4.89. The lowest BCUT2D eigenvalue weighted by Crippen LogP contribution is -2.49. The second kappa shape index (κ2) is 7.09. The second-order valence-corrected chi connectivity index (χ2v) is 10.4. The largest absolute Gasteiger partial charge is 0.353 e. The molecule has 28 heavy (non-hydrogen) atoms. The highest BCUT2D eigenvalue weighted by Gasteiger charge is 2.30. The van der Waals surface area contributed by atoms with Gasteiger partial charge in [-0.15, -0.1) is 11.3 Å². The van der Waals surface area contributed by atoms with E-state index in [9.17, 15) is 8.42 Å². The molecule has 3 aromatic rings. The normalized spacial score (nSPS) is 16.1. The SMILES string of the molecule is Cc1ccc(S(=O)(=O)N2CCN(c3ncnc4sc(C)c(C)c34)CC2)cc1C. The Morgan fingerprint density at radius 2 is 1.68 bits per heavy atom. The van der Waals surface area contributed by atoms with E-state index in [4.69, 9.17) is 0 Å². The van der Waals surface area contributed by atoms with Crippen molar-refractivity contribution in [1.29, 1.82) is 0 Å². The summed E-state index contributed by atoms with van der Waals surface area (Å²) in [4.78, 5) is 13.7. The minimum absolute atomic E-state index is 0.373. The summed E-state index contributed by atoms with van der Waals surface area (Å²) in [6, 6.07) is 5.34. The Labute approximate surface area is 169 Å². The fourth-order valence-corrected chi connectivity index (χ4v) is 6.07. The van der Waals surface area contributed by atoms with Gasteiger partial charge in [-0.1, -0.05) is 6.07 Å². The van der Waals surface area contributed by atoms with Crippen LogP contribution in [0, 0.1) is 27.7 Å². The Morgan fingerprint density at radius 1 is 0.964 bits per heavy atom. The average molecular weight is 417 g/mol. The standard InChI is InChI=1S/C20H24N4O2S2/c1-13-5-6-17(11-14(13)2)28(25,26)24-9-7-23(8-10-24)19-18-15(3)16(4)27-20(18)22-12-21-19/h5-6,11-12H,7-10H2,1-4H3. The maximum absolute atomic E-state index is 13.0. The molecule has 0 amide bonds. The van der Waals surface area contributed by atoms with Crippen molar-refractivity contribution in [3.05, 3.63) is 46.1 Å². The summed E-state index contributed by atoms with van der Waals surface area (Å²) in [7, 11) is -3.48. The van der Waals surface area contributed by atoms with Gasteiger partial charge in [0.2, 0.25) is 10.0 Å². The van der Waals surface area contributed by atoms with Gasteiger partial charge in [0, 0.05) is 31.1 Å². The molecule has 6 nitrogen and oxygen atoms in total. The number of aromatic nitrogens is 2. The van der Waals surface area contributed by atoms with Crippen molar-refractivity contribution in [2.75, 3.05) is 31.1 Å². The van der Waals surface area contributed by atoms with Gasteiger partial charge in [0.05, 0.1) is 10.3 Å². The van der Waals surface area contributed by atoms with E-state index in [1.807, 2.05) is 19.9 Å². The van der Waals surface area contributed by atoms with Crippen LogP contribution in [0.3, 0.4) is 0 Å². The van der Waals surface area contributed by atoms with Gasteiger partial charge >= 0.3 is 0 Å². The number of nitrogens with zero attached hydrogens (tertiary/aromatic N) is 4. The summed E-state index contributed by atoms with van der Waals surface area (Å²) in [5.74, 6) is 0.912. The molecule has 0 N–H and O–H groups in total. The Bertz CT molecular complexity index is 1150. The smallest absolute Gasteiger partial charge is 0.243 e. The van der Waals surface area contributed by atoms with Crippen LogP contribution in [0.2, 0.25) is 0 Å². The number of thiophene rings is 1. The topological polar surface area (TPSA) is 66.4 Å². The summed E-state index contributed by atoms with van der Waals surface area (Å²) < 4.78 is 27.7. The predicted molar refractivity (Wildman–Crippen MR) is 114 cm³/mol. The van der Waals surface area contributed by atoms with Crippen LogP contribution in [0.5, 0.6) is 0 Å². The highest BCUT2D eigenvalue weighted by Crippen LogP contribution is 2.34. The van der Waals surface area contributed by atoms with Crippen molar-refractivity contribution < 1.29 is 8.42 Å². The van der Waals surface area contributed by atoms with Crippen molar-refractivity contribution >= 4 is 37.4 Å². The van der Waals surface area contributed by atoms with E-state index in [-0.39, 0.29) is 0 Å². The van der Waals surface area contributed by atoms with Crippen molar-refractivity contribution in [3.63, 3.8) is 0 Å². The first-order chi connectivity index (χ1) is 13.3. The van der Waals surface area contributed by atoms with Crippen LogP contribution < -0.4 is 4.90 Å². The lowest BCUT2D eigenvalue weighted by Gasteiger charge is -2.35. The first-order valence-electron chi connectivity index (χ1n) is 9.32. The Balaban J connectivity index is 1.57. The summed E-state index contributed by atoms with van der Waals surface area (Å²) in [5.41, 5.74) is 3.30. The predicted octanol–water partition coefficient (Wildman–Crippen LogP) is 3.44. The van der Waals surface area contributed by atoms with Gasteiger partial charge < -0.3 is 4.90 Å². The minimum Gasteiger partial charge on any atom is -0.353 e. The molecular weight excluding hydrogens is 392 g/mol. The van der Waals surface area contributed by atoms with Gasteiger partial charge in [0.25, 0.3) is 0 Å². The molecule has 0 aliphatic carbocycles. The first kappa shape index (κ1) is 19.3. The number of sulfonamides is 1. The summed E-state index contributed by atoms with van der Waals surface area (Å²) in [5, 5.41) is 1.09. The van der Waals surface area contributed by atoms with Gasteiger partial charge in [0.1, 0.15) is 17.0 Å². The molecule has 0 bridgehead atoms. The van der Waals surface area contributed by atoms with Crippen LogP contribution in [-0.4, -0.2) is 48.9 Å². The van der Waals surface area contributed by atoms with Crippen LogP contribution in [0.1, 0.15) is 21.6 Å². The fraction of sp³-hybridized carbons (Fsp3) is 0.400. The molecule has 0 unspecified atom stereocenters. The zero-order valence-corrected chi connectivity index (χ0v) is 18.2. The molecule has 0 saturated carbocycles. The third-order valence-corrected chi connectivity index (χ3v) is 8.61. The first-order valence-corrected chi connectivity index (χ1v) is 11.6. The molecule has 2 aromatic heterocycles. The molecular formula is C20H24N4O2S2. The molecule has 4 rings (SSSR count). The van der Waals surface area contributed by atoms with Crippen LogP contribution in [0.15, 0.2) is 29.4 Å². The molecule has 3 heterocycles. The summed E-state index contributed by atoms with van der Waals surface area (Å²) >= 11 is 1.68. The maximum atomic E-state index is 13.0. The van der Waals surface area contributed by atoms with Crippen molar-refractivity contribution in [3.8, 4) is 0 Å². The number of hydrogen-bond acceptors (Lipinski definition) is 6. The third-order valence-electron chi connectivity index (χ3n) is 5.60. The van der Waals surface area contributed by atoms with E-state index in [1.54, 1.807) is 34.1 Å². The van der Waals surface area contributed by atoms with Crippen LogP contribution in [0.25, 0.3) is 10.2 Å². The number of fused-ring (bicyclic) bond motifs is 1. The van der Waals surface area contributed by atoms with E-state index in [0.717, 1.165) is 27.2 Å². The summed E-state index contributed by atoms with van der Waals surface area (Å²) in [6.45, 7) is 10.3. The average Bonchev–Trinajstić information content (AvgIpc) is 2.98. The molecule has 1 aliphatic heterocycles. The van der Waals surface area contributed by atoms with E-state index in [2.05, 4.69) is 28.7 Å². The van der Waals surface area contributed by atoms with Crippen LogP contribution in [-0.2, 0) is 10.0 Å². The highest BCUT2D eigenvalue weighted by atomic mass is 32.2. The van der Waals surface area contributed by atoms with Crippen molar-refractivity contribution in [1.82, 2.24) is 14.3 Å². The van der Waals surface area contributed by atoms with E-state index < -0.39 is 10.0 Å². The quantitative estimate of drug-likeness (QED) is 0.654. The Morgan fingerprint density at radius 3 is 2.36 bits per heavy atom. The number of rotatable bonds is 3. The molecule has 0 atom stereocenters. The zero-order valence-electron chi connectivity index (χ0n) is 16.6. The highest BCUT2D eigenvalue weighted by molar-refractivity contribution is 7.89. The van der Waals surface area contributed by atoms with Crippen molar-refractivity contribution in [2.45, 2.75) is 32.6 Å². The molecule has 148 valence electrons. The lowest BCUT2D eigenvalue weighted by molar-refractivity contribution is 0.384. The van der Waals surface area contributed by atoms with Crippen LogP contribution in [0.4, 0.5) is 5.82 Å². The molecule has 1 saturated heterocycles. The van der Waals surface area contributed by atoms with E-state index >= 15 is 0 Å². The lowest BCUT2D eigenvalue weighted by atomic mass is 10.1. The Hall–Kier alpha value is -2.03. The third kappa shape index (κ3) is 3.19. The number of hydrogen-bond donors (Lipinski definition) is 0. The minimum atomic E-state index is -3.48. The molecule has 8 heteroatoms. The van der Waals surface area contributed by atoms with E-state index in [1.165, 1.54) is 10.4 Å². The fourth-order valence-electron chi connectivity index (χ4n) is 3.57. The van der Waals surface area contributed by atoms with Gasteiger partial charge in [-0.2, -0.15) is 4.31 Å². The van der Waals surface area contributed by atoms with E-state index in [0.29, 0.717) is 31.1 Å². The van der Waals surface area contributed by atoms with Gasteiger partial charge in [-0.3, -0.25) is 0 Å². The van der Waals surface area contributed by atoms with Crippen molar-refractivity contribution in [2.24, 2.45) is 0 Å². The number of anilines is 1.